The molecule has 0 spiro atoms. The van der Waals surface area contributed by atoms with Gasteiger partial charge in [-0.05, 0) is 43.2 Å². The highest BCUT2D eigenvalue weighted by Crippen LogP contribution is 2.16. The number of carbonyl (C=O) groups excluding carboxylic acids is 2. The van der Waals surface area contributed by atoms with Crippen LogP contribution in [-0.4, -0.2) is 23.0 Å². The van der Waals surface area contributed by atoms with E-state index in [9.17, 15) is 9.59 Å². The van der Waals surface area contributed by atoms with E-state index < -0.39 is 12.1 Å². The van der Waals surface area contributed by atoms with Crippen LogP contribution in [0.4, 0.5) is 5.69 Å². The number of aromatic nitrogens is 1. The van der Waals surface area contributed by atoms with Crippen molar-refractivity contribution in [3.05, 3.63) is 65.9 Å². The van der Waals surface area contributed by atoms with Gasteiger partial charge in [0.1, 0.15) is 5.69 Å². The predicted molar refractivity (Wildman–Crippen MR) is 97.6 cm³/mol. The highest BCUT2D eigenvalue weighted by molar-refractivity contribution is 5.98. The first-order chi connectivity index (χ1) is 12.1. The lowest BCUT2D eigenvalue weighted by Crippen LogP contribution is -2.30. The van der Waals surface area contributed by atoms with Crippen molar-refractivity contribution in [3.8, 4) is 0 Å². The number of aromatic amines is 1. The first kappa shape index (κ1) is 16.8. The van der Waals surface area contributed by atoms with Gasteiger partial charge in [-0.1, -0.05) is 37.3 Å². The lowest BCUT2D eigenvalue weighted by molar-refractivity contribution is -0.123. The number of hydrogen-bond donors (Lipinski definition) is 2. The molecule has 3 rings (SSSR count). The second kappa shape index (κ2) is 7.21. The Morgan fingerprint density at radius 1 is 1.12 bits per heavy atom. The summed E-state index contributed by atoms with van der Waals surface area (Å²) in [7, 11) is 0. The van der Waals surface area contributed by atoms with Crippen LogP contribution in [0.5, 0.6) is 0 Å². The van der Waals surface area contributed by atoms with Crippen LogP contribution in [0.2, 0.25) is 0 Å². The van der Waals surface area contributed by atoms with Gasteiger partial charge < -0.3 is 15.0 Å². The molecule has 0 saturated carbocycles. The highest BCUT2D eigenvalue weighted by Gasteiger charge is 2.20. The van der Waals surface area contributed by atoms with Crippen molar-refractivity contribution in [1.82, 2.24) is 4.98 Å². The second-order valence-corrected chi connectivity index (χ2v) is 5.86. The average molecular weight is 336 g/mol. The van der Waals surface area contributed by atoms with E-state index in [4.69, 9.17) is 4.74 Å². The van der Waals surface area contributed by atoms with Gasteiger partial charge in [0.15, 0.2) is 6.10 Å². The van der Waals surface area contributed by atoms with Crippen molar-refractivity contribution >= 4 is 28.5 Å². The maximum Gasteiger partial charge on any atom is 0.355 e. The molecule has 1 heterocycles. The molecule has 3 aromatic rings. The van der Waals surface area contributed by atoms with Crippen molar-refractivity contribution < 1.29 is 14.3 Å². The molecule has 1 atom stereocenters. The highest BCUT2D eigenvalue weighted by atomic mass is 16.5. The minimum absolute atomic E-state index is 0.327. The Kier molecular flexibility index (Phi) is 4.84. The Morgan fingerprint density at radius 3 is 2.52 bits per heavy atom. The number of carbonyl (C=O) groups is 2. The fourth-order valence-corrected chi connectivity index (χ4v) is 2.53. The summed E-state index contributed by atoms with van der Waals surface area (Å²) in [6, 6.07) is 16.9. The number of anilines is 1. The van der Waals surface area contributed by atoms with E-state index >= 15 is 0 Å². The van der Waals surface area contributed by atoms with Crippen molar-refractivity contribution in [2.75, 3.05) is 5.32 Å². The zero-order chi connectivity index (χ0) is 17.8. The van der Waals surface area contributed by atoms with Crippen LogP contribution in [0.1, 0.15) is 29.9 Å². The van der Waals surface area contributed by atoms with Crippen LogP contribution >= 0.6 is 0 Å². The fraction of sp³-hybridized carbons (Fsp3) is 0.200. The molecule has 0 bridgehead atoms. The normalized spacial score (nSPS) is 11.9. The second-order valence-electron chi connectivity index (χ2n) is 5.86. The third-order valence-electron chi connectivity index (χ3n) is 4.03. The zero-order valence-electron chi connectivity index (χ0n) is 14.2. The molecule has 5 heteroatoms. The summed E-state index contributed by atoms with van der Waals surface area (Å²) in [5.74, 6) is -0.922. The number of fused-ring (bicyclic) bond motifs is 1. The smallest absolute Gasteiger partial charge is 0.355 e. The summed E-state index contributed by atoms with van der Waals surface area (Å²) >= 11 is 0. The number of ether oxygens (including phenoxy) is 1. The third kappa shape index (κ3) is 3.88. The standard InChI is InChI=1S/C20H20N2O3/c1-3-14-8-10-16(11-9-14)21-19(23)13(2)25-20(24)18-12-15-6-4-5-7-17(15)22-18/h4-13,22H,3H2,1-2H3,(H,21,23)/t13-/m1/s1. The maximum atomic E-state index is 12.2. The van der Waals surface area contributed by atoms with E-state index in [1.54, 1.807) is 13.0 Å². The summed E-state index contributed by atoms with van der Waals surface area (Å²) in [5.41, 5.74) is 3.04. The number of nitrogens with one attached hydrogen (secondary N) is 2. The van der Waals surface area contributed by atoms with E-state index in [0.717, 1.165) is 17.3 Å². The molecule has 0 aliphatic rings. The molecule has 2 aromatic carbocycles. The van der Waals surface area contributed by atoms with Crippen molar-refractivity contribution in [2.45, 2.75) is 26.4 Å². The number of hydrogen-bond acceptors (Lipinski definition) is 3. The Labute approximate surface area is 146 Å². The molecule has 1 aromatic heterocycles. The van der Waals surface area contributed by atoms with E-state index in [1.807, 2.05) is 48.5 Å². The zero-order valence-corrected chi connectivity index (χ0v) is 14.2. The molecule has 0 aliphatic heterocycles. The third-order valence-corrected chi connectivity index (χ3v) is 4.03. The summed E-state index contributed by atoms with van der Waals surface area (Å²) in [5, 5.41) is 3.67. The van der Waals surface area contributed by atoms with Gasteiger partial charge in [-0.3, -0.25) is 4.79 Å². The maximum absolute atomic E-state index is 12.2. The van der Waals surface area contributed by atoms with Gasteiger partial charge in [0.2, 0.25) is 0 Å². The van der Waals surface area contributed by atoms with Gasteiger partial charge in [-0.25, -0.2) is 4.79 Å². The molecule has 0 fully saturated rings. The molecule has 0 radical (unpaired) electrons. The fourth-order valence-electron chi connectivity index (χ4n) is 2.53. The van der Waals surface area contributed by atoms with E-state index in [1.165, 1.54) is 5.56 Å². The number of esters is 1. The largest absolute Gasteiger partial charge is 0.448 e. The van der Waals surface area contributed by atoms with Crippen molar-refractivity contribution in [2.24, 2.45) is 0 Å². The monoisotopic (exact) mass is 336 g/mol. The lowest BCUT2D eigenvalue weighted by Gasteiger charge is -2.13. The summed E-state index contributed by atoms with van der Waals surface area (Å²) in [6.45, 7) is 3.62. The summed E-state index contributed by atoms with van der Waals surface area (Å²) in [6.07, 6.45) is 0.0389. The van der Waals surface area contributed by atoms with Crippen molar-refractivity contribution in [3.63, 3.8) is 0 Å². The lowest BCUT2D eigenvalue weighted by atomic mass is 10.1. The summed E-state index contributed by atoms with van der Waals surface area (Å²) < 4.78 is 5.26. The van der Waals surface area contributed by atoms with Gasteiger partial charge in [0.25, 0.3) is 5.91 Å². The first-order valence-corrected chi connectivity index (χ1v) is 8.25. The molecule has 5 nitrogen and oxygen atoms in total. The van der Waals surface area contributed by atoms with Crippen LogP contribution in [0.3, 0.4) is 0 Å². The number of aryl methyl sites for hydroxylation is 1. The molecule has 0 unspecified atom stereocenters. The van der Waals surface area contributed by atoms with Gasteiger partial charge in [0.05, 0.1) is 0 Å². The van der Waals surface area contributed by atoms with Gasteiger partial charge in [0, 0.05) is 16.6 Å². The number of rotatable bonds is 5. The Balaban J connectivity index is 1.62. The molecular formula is C20H20N2O3. The van der Waals surface area contributed by atoms with Crippen LogP contribution in [0.15, 0.2) is 54.6 Å². The molecule has 128 valence electrons. The molecule has 25 heavy (non-hydrogen) atoms. The van der Waals surface area contributed by atoms with Gasteiger partial charge >= 0.3 is 5.97 Å². The number of H-pyrrole nitrogens is 1. The topological polar surface area (TPSA) is 71.2 Å². The van der Waals surface area contributed by atoms with Gasteiger partial charge in [-0.2, -0.15) is 0 Å². The van der Waals surface area contributed by atoms with E-state index in [0.29, 0.717) is 11.4 Å². The average Bonchev–Trinajstić information content (AvgIpc) is 3.06. The number of para-hydroxylation sites is 1. The molecule has 1 amide bonds. The van der Waals surface area contributed by atoms with Crippen molar-refractivity contribution in [1.29, 1.82) is 0 Å². The summed E-state index contributed by atoms with van der Waals surface area (Å²) in [4.78, 5) is 27.4. The van der Waals surface area contributed by atoms with Gasteiger partial charge in [-0.15, -0.1) is 0 Å². The molecule has 2 N–H and O–H groups in total. The Hall–Kier alpha value is -3.08. The molecular weight excluding hydrogens is 316 g/mol. The van der Waals surface area contributed by atoms with Crippen LogP contribution in [0.25, 0.3) is 10.9 Å². The minimum Gasteiger partial charge on any atom is -0.448 e. The Morgan fingerprint density at radius 2 is 1.84 bits per heavy atom. The number of amides is 1. The van der Waals surface area contributed by atoms with E-state index in [-0.39, 0.29) is 5.91 Å². The first-order valence-electron chi connectivity index (χ1n) is 8.25. The quantitative estimate of drug-likeness (QED) is 0.694. The SMILES string of the molecule is CCc1ccc(NC(=O)[C@@H](C)OC(=O)c2cc3ccccc3[nH]2)cc1. The van der Waals surface area contributed by atoms with Crippen LogP contribution < -0.4 is 5.32 Å². The molecule has 0 aliphatic carbocycles. The predicted octanol–water partition coefficient (Wildman–Crippen LogP) is 3.91. The Bertz CT molecular complexity index is 864. The molecule has 0 saturated heterocycles. The van der Waals surface area contributed by atoms with E-state index in [2.05, 4.69) is 17.2 Å². The van der Waals surface area contributed by atoms with Crippen LogP contribution in [-0.2, 0) is 16.0 Å². The van der Waals surface area contributed by atoms with Crippen LogP contribution in [0, 0.1) is 0 Å². The number of benzene rings is 2. The minimum atomic E-state index is -0.898.